The minimum atomic E-state index is -1.11. The highest BCUT2D eigenvalue weighted by molar-refractivity contribution is 14.1. The maximum atomic E-state index is 14.0. The van der Waals surface area contributed by atoms with Gasteiger partial charge in [-0.1, -0.05) is 42.5 Å². The van der Waals surface area contributed by atoms with Crippen LogP contribution in [-0.2, 0) is 14.4 Å². The van der Waals surface area contributed by atoms with Gasteiger partial charge in [0.1, 0.15) is 17.3 Å². The number of ether oxygens (including phenoxy) is 1. The van der Waals surface area contributed by atoms with Gasteiger partial charge in [-0.05, 0) is 90.9 Å². The molecule has 7 heteroatoms. The first kappa shape index (κ1) is 24.9. The zero-order valence-electron chi connectivity index (χ0n) is 20.0. The zero-order chi connectivity index (χ0) is 25.4. The van der Waals surface area contributed by atoms with E-state index in [0.717, 1.165) is 11.1 Å². The molecule has 0 saturated heterocycles. The second kappa shape index (κ2) is 9.45. The highest BCUT2D eigenvalue weighted by atomic mass is 127. The molecule has 2 aliphatic rings. The lowest BCUT2D eigenvalue weighted by Gasteiger charge is -2.42. The van der Waals surface area contributed by atoms with Crippen molar-refractivity contribution >= 4 is 45.8 Å². The summed E-state index contributed by atoms with van der Waals surface area (Å²) in [5, 5.41) is 3.04. The van der Waals surface area contributed by atoms with Crippen molar-refractivity contribution in [3.05, 3.63) is 93.6 Å². The molecule has 1 atom stereocenters. The van der Waals surface area contributed by atoms with E-state index in [-0.39, 0.29) is 17.6 Å². The minimum absolute atomic E-state index is 0.169. The Kier molecular flexibility index (Phi) is 6.73. The van der Waals surface area contributed by atoms with Crippen LogP contribution in [0.25, 0.3) is 5.57 Å². The van der Waals surface area contributed by atoms with E-state index in [9.17, 15) is 14.4 Å². The van der Waals surface area contributed by atoms with E-state index in [1.165, 1.54) is 12.2 Å². The van der Waals surface area contributed by atoms with Crippen LogP contribution in [0.4, 0.5) is 0 Å². The van der Waals surface area contributed by atoms with Crippen molar-refractivity contribution in [2.45, 2.75) is 37.9 Å². The summed E-state index contributed by atoms with van der Waals surface area (Å²) in [7, 11) is 1.57. The van der Waals surface area contributed by atoms with Crippen LogP contribution in [0.2, 0.25) is 0 Å². The topological polar surface area (TPSA) is 75.7 Å². The number of halogens is 1. The van der Waals surface area contributed by atoms with Gasteiger partial charge >= 0.3 is 0 Å². The SMILES string of the molecule is COc1ccc(C(C(=O)NC(C)(C)C)N2C(=O)C(I)=C(c3ccccc3)C23C=CC(=O)C=C3)cc1. The lowest BCUT2D eigenvalue weighted by molar-refractivity contribution is -0.139. The normalized spacial score (nSPS) is 17.8. The van der Waals surface area contributed by atoms with Crippen molar-refractivity contribution in [1.82, 2.24) is 10.2 Å². The fourth-order valence-electron chi connectivity index (χ4n) is 4.47. The van der Waals surface area contributed by atoms with Gasteiger partial charge in [0.15, 0.2) is 5.78 Å². The van der Waals surface area contributed by atoms with Gasteiger partial charge < -0.3 is 15.0 Å². The third-order valence-electron chi connectivity index (χ3n) is 5.93. The second-order valence-corrected chi connectivity index (χ2v) is 10.6. The van der Waals surface area contributed by atoms with Crippen LogP contribution in [-0.4, -0.2) is 40.7 Å². The molecule has 35 heavy (non-hydrogen) atoms. The number of benzene rings is 2. The molecule has 2 aromatic rings. The van der Waals surface area contributed by atoms with Gasteiger partial charge in [0.2, 0.25) is 5.91 Å². The molecule has 1 unspecified atom stereocenters. The number of hydrogen-bond donors (Lipinski definition) is 1. The molecule has 4 rings (SSSR count). The van der Waals surface area contributed by atoms with E-state index in [1.807, 2.05) is 51.1 Å². The van der Waals surface area contributed by atoms with Crippen molar-refractivity contribution < 1.29 is 19.1 Å². The lowest BCUT2D eigenvalue weighted by atomic mass is 9.81. The number of allylic oxidation sites excluding steroid dienone is 2. The van der Waals surface area contributed by atoms with Gasteiger partial charge in [-0.3, -0.25) is 14.4 Å². The summed E-state index contributed by atoms with van der Waals surface area (Å²) in [4.78, 5) is 41.5. The number of carbonyl (C=O) groups is 3. The fourth-order valence-corrected chi connectivity index (χ4v) is 5.47. The standard InChI is InChI=1S/C28H27IN2O4/c1-27(2,3)30-25(33)24(19-10-12-21(35-4)13-11-19)31-26(34)23(29)22(18-8-6-5-7-9-18)28(31)16-14-20(32)15-17-28/h5-17,24H,1-4H3,(H,30,33). The van der Waals surface area contributed by atoms with Gasteiger partial charge in [0, 0.05) is 11.1 Å². The molecule has 0 saturated carbocycles. The Balaban J connectivity index is 1.94. The average molecular weight is 582 g/mol. The smallest absolute Gasteiger partial charge is 0.262 e. The maximum Gasteiger partial charge on any atom is 0.262 e. The molecule has 1 aliphatic heterocycles. The molecule has 0 fully saturated rings. The Bertz CT molecular complexity index is 1240. The van der Waals surface area contributed by atoms with E-state index in [2.05, 4.69) is 27.9 Å². The van der Waals surface area contributed by atoms with E-state index < -0.39 is 17.1 Å². The monoisotopic (exact) mass is 582 g/mol. The molecule has 6 nitrogen and oxygen atoms in total. The van der Waals surface area contributed by atoms with E-state index in [1.54, 1.807) is 48.4 Å². The second-order valence-electron chi connectivity index (χ2n) is 9.54. The lowest BCUT2D eigenvalue weighted by Crippen LogP contribution is -2.54. The van der Waals surface area contributed by atoms with Gasteiger partial charge in [-0.2, -0.15) is 0 Å². The third kappa shape index (κ3) is 4.69. The highest BCUT2D eigenvalue weighted by Crippen LogP contribution is 2.51. The first-order chi connectivity index (χ1) is 16.6. The number of methoxy groups -OCH3 is 1. The molecule has 0 radical (unpaired) electrons. The molecule has 180 valence electrons. The first-order valence-corrected chi connectivity index (χ1v) is 12.3. The molecule has 1 heterocycles. The van der Waals surface area contributed by atoms with Gasteiger partial charge in [0.05, 0.1) is 10.7 Å². The Morgan fingerprint density at radius 2 is 1.60 bits per heavy atom. The number of ketones is 1. The van der Waals surface area contributed by atoms with Gasteiger partial charge in [0.25, 0.3) is 5.91 Å². The zero-order valence-corrected chi connectivity index (χ0v) is 22.2. The predicted molar refractivity (Wildman–Crippen MR) is 144 cm³/mol. The molecular weight excluding hydrogens is 555 g/mol. The molecule has 2 aromatic carbocycles. The van der Waals surface area contributed by atoms with Crippen LogP contribution in [0.15, 0.2) is 82.5 Å². The number of nitrogens with zero attached hydrogens (tertiary/aromatic N) is 1. The summed E-state index contributed by atoms with van der Waals surface area (Å²) in [6.07, 6.45) is 6.38. The van der Waals surface area contributed by atoms with Crippen molar-refractivity contribution in [3.63, 3.8) is 0 Å². The Labute approximate surface area is 218 Å². The average Bonchev–Trinajstić information content (AvgIpc) is 3.02. The van der Waals surface area contributed by atoms with Crippen LogP contribution in [0.1, 0.15) is 37.9 Å². The van der Waals surface area contributed by atoms with E-state index >= 15 is 0 Å². The summed E-state index contributed by atoms with van der Waals surface area (Å²) in [5.74, 6) is -0.116. The third-order valence-corrected chi connectivity index (χ3v) is 6.93. The molecule has 1 N–H and O–H groups in total. The quantitative estimate of drug-likeness (QED) is 0.516. The summed E-state index contributed by atoms with van der Waals surface area (Å²) < 4.78 is 5.80. The maximum absolute atomic E-state index is 14.0. The number of rotatable bonds is 5. The summed E-state index contributed by atoms with van der Waals surface area (Å²) in [6, 6.07) is 15.8. The minimum Gasteiger partial charge on any atom is -0.497 e. The van der Waals surface area contributed by atoms with Gasteiger partial charge in [-0.25, -0.2) is 0 Å². The molecular formula is C28H27IN2O4. The molecule has 0 aromatic heterocycles. The summed E-state index contributed by atoms with van der Waals surface area (Å²) in [5.41, 5.74) is 0.599. The number of amides is 2. The Morgan fingerprint density at radius 3 is 2.14 bits per heavy atom. The molecule has 1 aliphatic carbocycles. The number of nitrogens with one attached hydrogen (secondary N) is 1. The fraction of sp³-hybridized carbons (Fsp3) is 0.250. The van der Waals surface area contributed by atoms with Crippen LogP contribution in [0, 0.1) is 0 Å². The van der Waals surface area contributed by atoms with Crippen LogP contribution in [0.3, 0.4) is 0 Å². The predicted octanol–water partition coefficient (Wildman–Crippen LogP) is 4.77. The van der Waals surface area contributed by atoms with Crippen molar-refractivity contribution in [1.29, 1.82) is 0 Å². The van der Waals surface area contributed by atoms with E-state index in [4.69, 9.17) is 4.74 Å². The van der Waals surface area contributed by atoms with Crippen LogP contribution >= 0.6 is 22.6 Å². The summed E-state index contributed by atoms with van der Waals surface area (Å²) >= 11 is 2.06. The number of hydrogen-bond acceptors (Lipinski definition) is 4. The van der Waals surface area contributed by atoms with Crippen LogP contribution < -0.4 is 10.1 Å². The van der Waals surface area contributed by atoms with Gasteiger partial charge in [-0.15, -0.1) is 0 Å². The van der Waals surface area contributed by atoms with Crippen molar-refractivity contribution in [2.24, 2.45) is 0 Å². The first-order valence-electron chi connectivity index (χ1n) is 11.2. The number of carbonyl (C=O) groups excluding carboxylic acids is 3. The molecule has 2 amide bonds. The largest absolute Gasteiger partial charge is 0.497 e. The Hall–Kier alpha value is -3.20. The molecule has 1 spiro atoms. The van der Waals surface area contributed by atoms with Crippen molar-refractivity contribution in [3.8, 4) is 5.75 Å². The van der Waals surface area contributed by atoms with Crippen LogP contribution in [0.5, 0.6) is 5.75 Å². The van der Waals surface area contributed by atoms with E-state index in [0.29, 0.717) is 14.9 Å². The van der Waals surface area contributed by atoms with Crippen molar-refractivity contribution in [2.75, 3.05) is 7.11 Å². The summed E-state index contributed by atoms with van der Waals surface area (Å²) in [6.45, 7) is 5.69. The molecule has 0 bridgehead atoms. The Morgan fingerprint density at radius 1 is 1.00 bits per heavy atom. The highest BCUT2D eigenvalue weighted by Gasteiger charge is 2.54.